The Kier molecular flexibility index (Phi) is 4.66. The molecule has 4 nitrogen and oxygen atoms in total. The van der Waals surface area contributed by atoms with Gasteiger partial charge in [-0.2, -0.15) is 0 Å². The number of benzene rings is 1. The van der Waals surface area contributed by atoms with Crippen molar-refractivity contribution in [3.8, 4) is 0 Å². The van der Waals surface area contributed by atoms with Gasteiger partial charge in [0.05, 0.1) is 5.92 Å². The number of nitrogens with zero attached hydrogens (tertiary/aromatic N) is 1. The molecule has 4 heteroatoms. The van der Waals surface area contributed by atoms with E-state index in [-0.39, 0.29) is 29.1 Å². The largest absolute Gasteiger partial charge is 0.353 e. The van der Waals surface area contributed by atoms with Gasteiger partial charge in [-0.3, -0.25) is 9.59 Å². The van der Waals surface area contributed by atoms with Gasteiger partial charge in [-0.05, 0) is 23.8 Å². The second kappa shape index (κ2) is 6.58. The zero-order valence-corrected chi connectivity index (χ0v) is 14.9. The summed E-state index contributed by atoms with van der Waals surface area (Å²) in [6.07, 6.45) is 2.69. The maximum atomic E-state index is 12.7. The molecule has 2 fully saturated rings. The molecule has 1 saturated carbocycles. The number of carbonyl (C=O) groups is 2. The summed E-state index contributed by atoms with van der Waals surface area (Å²) >= 11 is 0. The molecule has 0 bridgehead atoms. The molecule has 1 aliphatic heterocycles. The van der Waals surface area contributed by atoms with Crippen molar-refractivity contribution in [3.63, 3.8) is 0 Å². The molecule has 2 atom stereocenters. The lowest BCUT2D eigenvalue weighted by Crippen LogP contribution is -2.37. The third-order valence-corrected chi connectivity index (χ3v) is 4.84. The maximum absolute atomic E-state index is 12.7. The van der Waals surface area contributed by atoms with Crippen LogP contribution in [0, 0.1) is 11.3 Å². The fourth-order valence-electron chi connectivity index (χ4n) is 3.41. The number of carbonyl (C=O) groups excluding carboxylic acids is 2. The molecule has 3 rings (SSSR count). The van der Waals surface area contributed by atoms with E-state index in [2.05, 4.69) is 38.2 Å². The molecule has 2 amide bonds. The van der Waals surface area contributed by atoms with Crippen LogP contribution >= 0.6 is 0 Å². The van der Waals surface area contributed by atoms with Crippen molar-refractivity contribution in [1.29, 1.82) is 0 Å². The average Bonchev–Trinajstić information content (AvgIpc) is 3.20. The molecule has 1 aromatic rings. The van der Waals surface area contributed by atoms with Gasteiger partial charge in [0.2, 0.25) is 11.8 Å². The summed E-state index contributed by atoms with van der Waals surface area (Å²) in [6.45, 7) is 7.40. The van der Waals surface area contributed by atoms with Crippen LogP contribution < -0.4 is 5.32 Å². The Hall–Kier alpha value is -1.84. The van der Waals surface area contributed by atoms with Crippen LogP contribution in [0.2, 0.25) is 0 Å². The summed E-state index contributed by atoms with van der Waals surface area (Å²) in [5.74, 6) is 0.216. The maximum Gasteiger partial charge on any atom is 0.225 e. The van der Waals surface area contributed by atoms with Crippen molar-refractivity contribution in [2.45, 2.75) is 52.0 Å². The first kappa shape index (κ1) is 17.0. The van der Waals surface area contributed by atoms with Gasteiger partial charge in [0.25, 0.3) is 0 Å². The molecule has 1 N–H and O–H groups in total. The highest BCUT2D eigenvalue weighted by molar-refractivity contribution is 5.84. The third kappa shape index (κ3) is 4.16. The molecule has 1 saturated heterocycles. The monoisotopic (exact) mass is 328 g/mol. The minimum Gasteiger partial charge on any atom is -0.353 e. The Balaban J connectivity index is 1.76. The first-order chi connectivity index (χ1) is 11.3. The van der Waals surface area contributed by atoms with Crippen molar-refractivity contribution < 1.29 is 9.59 Å². The van der Waals surface area contributed by atoms with Crippen LogP contribution in [0.25, 0.3) is 0 Å². The zero-order chi connectivity index (χ0) is 17.3. The number of amides is 2. The van der Waals surface area contributed by atoms with E-state index in [0.717, 1.165) is 18.4 Å². The third-order valence-electron chi connectivity index (χ3n) is 4.84. The molecule has 0 aromatic heterocycles. The Bertz CT molecular complexity index is 602. The summed E-state index contributed by atoms with van der Waals surface area (Å²) in [5.41, 5.74) is 1.12. The lowest BCUT2D eigenvalue weighted by molar-refractivity contribution is -0.132. The van der Waals surface area contributed by atoms with Crippen LogP contribution in [0.3, 0.4) is 0 Å². The highest BCUT2D eigenvalue weighted by Crippen LogP contribution is 2.35. The Morgan fingerprint density at radius 2 is 1.79 bits per heavy atom. The summed E-state index contributed by atoms with van der Waals surface area (Å²) in [7, 11) is 0. The Morgan fingerprint density at radius 1 is 1.12 bits per heavy atom. The fraction of sp³-hybridized carbons (Fsp3) is 0.600. The van der Waals surface area contributed by atoms with Crippen LogP contribution in [0.15, 0.2) is 30.3 Å². The molecule has 1 heterocycles. The molecule has 1 aromatic carbocycles. The van der Waals surface area contributed by atoms with Crippen LogP contribution in [-0.2, 0) is 9.59 Å². The van der Waals surface area contributed by atoms with E-state index >= 15 is 0 Å². The highest BCUT2D eigenvalue weighted by atomic mass is 16.2. The van der Waals surface area contributed by atoms with Crippen molar-refractivity contribution in [1.82, 2.24) is 10.2 Å². The molecule has 0 radical (unpaired) electrons. The van der Waals surface area contributed by atoms with Gasteiger partial charge in [-0.25, -0.2) is 0 Å². The Morgan fingerprint density at radius 3 is 2.38 bits per heavy atom. The van der Waals surface area contributed by atoms with Gasteiger partial charge in [0.15, 0.2) is 0 Å². The van der Waals surface area contributed by atoms with Gasteiger partial charge in [0.1, 0.15) is 0 Å². The van der Waals surface area contributed by atoms with E-state index in [1.54, 1.807) is 0 Å². The standard InChI is InChI=1S/C20H28N2O2/c1-20(2,3)11-18(23)22-12-16(14-7-5-4-6-8-14)17(13-22)19(24)21-15-9-10-15/h4-8,15-17H,9-13H2,1-3H3,(H,21,24). The van der Waals surface area contributed by atoms with E-state index in [0.29, 0.717) is 25.6 Å². The van der Waals surface area contributed by atoms with Gasteiger partial charge < -0.3 is 10.2 Å². The Labute approximate surface area is 144 Å². The molecule has 0 spiro atoms. The van der Waals surface area contributed by atoms with Crippen LogP contribution in [0.1, 0.15) is 51.5 Å². The summed E-state index contributed by atoms with van der Waals surface area (Å²) in [6, 6.07) is 10.5. The highest BCUT2D eigenvalue weighted by Gasteiger charge is 2.41. The van der Waals surface area contributed by atoms with Crippen molar-refractivity contribution in [3.05, 3.63) is 35.9 Å². The quantitative estimate of drug-likeness (QED) is 0.924. The zero-order valence-electron chi connectivity index (χ0n) is 14.9. The lowest BCUT2D eigenvalue weighted by atomic mass is 9.88. The van der Waals surface area contributed by atoms with Crippen molar-refractivity contribution in [2.24, 2.45) is 11.3 Å². The van der Waals surface area contributed by atoms with E-state index < -0.39 is 0 Å². The van der Waals surface area contributed by atoms with Crippen molar-refractivity contribution in [2.75, 3.05) is 13.1 Å². The summed E-state index contributed by atoms with van der Waals surface area (Å²) < 4.78 is 0. The van der Waals surface area contributed by atoms with Gasteiger partial charge in [-0.1, -0.05) is 51.1 Å². The minimum absolute atomic E-state index is 0.0340. The number of likely N-dealkylation sites (tertiary alicyclic amines) is 1. The van der Waals surface area contributed by atoms with E-state index in [1.165, 1.54) is 0 Å². The second-order valence-electron chi connectivity index (χ2n) is 8.44. The predicted octanol–water partition coefficient (Wildman–Crippen LogP) is 2.94. The number of nitrogens with one attached hydrogen (secondary N) is 1. The first-order valence-electron chi connectivity index (χ1n) is 8.96. The number of hydrogen-bond donors (Lipinski definition) is 1. The van der Waals surface area contributed by atoms with Crippen LogP contribution in [-0.4, -0.2) is 35.8 Å². The second-order valence-corrected chi connectivity index (χ2v) is 8.44. The van der Waals surface area contributed by atoms with Crippen LogP contribution in [0.5, 0.6) is 0 Å². The molecule has 24 heavy (non-hydrogen) atoms. The van der Waals surface area contributed by atoms with Gasteiger partial charge in [-0.15, -0.1) is 0 Å². The van der Waals surface area contributed by atoms with Crippen LogP contribution in [0.4, 0.5) is 0 Å². The van der Waals surface area contributed by atoms with Crippen molar-refractivity contribution >= 4 is 11.8 Å². The molecular formula is C20H28N2O2. The molecular weight excluding hydrogens is 300 g/mol. The predicted molar refractivity (Wildman–Crippen MR) is 94.5 cm³/mol. The first-order valence-corrected chi connectivity index (χ1v) is 8.96. The molecule has 130 valence electrons. The summed E-state index contributed by atoms with van der Waals surface area (Å²) in [5, 5.41) is 3.13. The normalized spacial score (nSPS) is 24.0. The fourth-order valence-corrected chi connectivity index (χ4v) is 3.41. The van der Waals surface area contributed by atoms with Gasteiger partial charge >= 0.3 is 0 Å². The lowest BCUT2D eigenvalue weighted by Gasteiger charge is -2.23. The average molecular weight is 328 g/mol. The van der Waals surface area contributed by atoms with E-state index in [9.17, 15) is 9.59 Å². The van der Waals surface area contributed by atoms with E-state index in [4.69, 9.17) is 0 Å². The number of rotatable bonds is 4. The summed E-state index contributed by atoms with van der Waals surface area (Å²) in [4.78, 5) is 27.2. The number of hydrogen-bond acceptors (Lipinski definition) is 2. The van der Waals surface area contributed by atoms with Gasteiger partial charge in [0, 0.05) is 31.5 Å². The molecule has 1 aliphatic carbocycles. The van der Waals surface area contributed by atoms with E-state index in [1.807, 2.05) is 23.1 Å². The molecule has 2 unspecified atom stereocenters. The molecule has 2 aliphatic rings. The smallest absolute Gasteiger partial charge is 0.225 e. The SMILES string of the molecule is CC(C)(C)CC(=O)N1CC(C(=O)NC2CC2)C(c2ccccc2)C1. The minimum atomic E-state index is -0.142. The topological polar surface area (TPSA) is 49.4 Å².